The third-order valence-electron chi connectivity index (χ3n) is 4.35. The van der Waals surface area contributed by atoms with Crippen LogP contribution in [0.15, 0.2) is 10.7 Å². The molecule has 25 heavy (non-hydrogen) atoms. The van der Waals surface area contributed by atoms with Crippen molar-refractivity contribution < 1.29 is 9.21 Å². The monoisotopic (exact) mass is 352 g/mol. The summed E-state index contributed by atoms with van der Waals surface area (Å²) in [5.41, 5.74) is 6.30. The van der Waals surface area contributed by atoms with E-state index in [1.54, 1.807) is 0 Å². The van der Waals surface area contributed by atoms with E-state index in [1.807, 2.05) is 13.8 Å². The number of amides is 1. The van der Waals surface area contributed by atoms with Gasteiger partial charge >= 0.3 is 0 Å². The molecular formula is C19H36N4O2. The Morgan fingerprint density at radius 2 is 1.80 bits per heavy atom. The number of nitrogens with zero attached hydrogens (tertiary/aromatic N) is 2. The van der Waals surface area contributed by atoms with Gasteiger partial charge in [-0.15, -0.1) is 0 Å². The molecule has 0 radical (unpaired) electrons. The number of hydrogen-bond donors (Lipinski definition) is 2. The lowest BCUT2D eigenvalue weighted by Gasteiger charge is -2.21. The molecule has 0 aromatic carbocycles. The van der Waals surface area contributed by atoms with Crippen LogP contribution in [-0.2, 0) is 0 Å². The van der Waals surface area contributed by atoms with Crippen molar-refractivity contribution in [2.75, 3.05) is 26.2 Å². The Morgan fingerprint density at radius 1 is 1.20 bits per heavy atom. The second-order valence-corrected chi connectivity index (χ2v) is 7.00. The van der Waals surface area contributed by atoms with Crippen molar-refractivity contribution in [2.24, 2.45) is 11.7 Å². The summed E-state index contributed by atoms with van der Waals surface area (Å²) < 4.78 is 5.34. The van der Waals surface area contributed by atoms with Crippen molar-refractivity contribution in [3.8, 4) is 0 Å². The van der Waals surface area contributed by atoms with Crippen LogP contribution in [0, 0.1) is 5.92 Å². The second kappa shape index (κ2) is 12.0. The molecule has 144 valence electrons. The topological polar surface area (TPSA) is 84.4 Å². The number of nitrogens with two attached hydrogens (primary N) is 1. The first kappa shape index (κ1) is 21.6. The molecule has 0 aliphatic rings. The molecule has 0 aliphatic carbocycles. The van der Waals surface area contributed by atoms with Gasteiger partial charge in [-0.3, -0.25) is 4.79 Å². The SMILES string of the molecule is CCCCN(CCCC)CCCNC(=O)c1coc(C(N)C(C)C)n1. The molecule has 1 aromatic heterocycles. The second-order valence-electron chi connectivity index (χ2n) is 7.00. The average molecular weight is 353 g/mol. The zero-order valence-electron chi connectivity index (χ0n) is 16.4. The van der Waals surface area contributed by atoms with Gasteiger partial charge in [0.25, 0.3) is 5.91 Å². The maximum atomic E-state index is 12.2. The largest absolute Gasteiger partial charge is 0.446 e. The number of aromatic nitrogens is 1. The van der Waals surface area contributed by atoms with Crippen LogP contribution in [0.25, 0.3) is 0 Å². The molecule has 0 spiro atoms. The van der Waals surface area contributed by atoms with Crippen LogP contribution < -0.4 is 11.1 Å². The maximum absolute atomic E-state index is 12.2. The normalized spacial score (nSPS) is 12.8. The van der Waals surface area contributed by atoms with Crippen LogP contribution in [0.5, 0.6) is 0 Å². The van der Waals surface area contributed by atoms with Gasteiger partial charge < -0.3 is 20.4 Å². The molecule has 1 rings (SSSR count). The Balaban J connectivity index is 2.35. The number of hydrogen-bond acceptors (Lipinski definition) is 5. The quantitative estimate of drug-likeness (QED) is 0.532. The molecule has 1 amide bonds. The van der Waals surface area contributed by atoms with Crippen LogP contribution in [0.2, 0.25) is 0 Å². The Bertz CT molecular complexity index is 480. The Kier molecular flexibility index (Phi) is 10.4. The number of carbonyl (C=O) groups excluding carboxylic acids is 1. The lowest BCUT2D eigenvalue weighted by atomic mass is 10.1. The van der Waals surface area contributed by atoms with E-state index < -0.39 is 0 Å². The molecule has 0 aliphatic heterocycles. The summed E-state index contributed by atoms with van der Waals surface area (Å²) in [5.74, 6) is 0.442. The highest BCUT2D eigenvalue weighted by Gasteiger charge is 2.19. The Labute approximate surface area is 152 Å². The minimum absolute atomic E-state index is 0.195. The van der Waals surface area contributed by atoms with Gasteiger partial charge in [0.1, 0.15) is 6.26 Å². The molecule has 1 heterocycles. The van der Waals surface area contributed by atoms with E-state index in [0.717, 1.165) is 26.1 Å². The third-order valence-corrected chi connectivity index (χ3v) is 4.35. The minimum atomic E-state index is -0.285. The van der Waals surface area contributed by atoms with Crippen LogP contribution >= 0.6 is 0 Å². The Hall–Kier alpha value is -1.40. The average Bonchev–Trinajstić information content (AvgIpc) is 3.09. The molecule has 0 fully saturated rings. The third kappa shape index (κ3) is 8.01. The Morgan fingerprint density at radius 3 is 2.36 bits per heavy atom. The summed E-state index contributed by atoms with van der Waals surface area (Å²) in [6, 6.07) is -0.285. The summed E-state index contributed by atoms with van der Waals surface area (Å²) in [4.78, 5) is 18.9. The van der Waals surface area contributed by atoms with Crippen LogP contribution in [0.4, 0.5) is 0 Å². The first-order valence-electron chi connectivity index (χ1n) is 9.71. The van der Waals surface area contributed by atoms with E-state index in [4.69, 9.17) is 10.2 Å². The van der Waals surface area contributed by atoms with Gasteiger partial charge in [-0.2, -0.15) is 0 Å². The van der Waals surface area contributed by atoms with Crippen molar-refractivity contribution in [1.82, 2.24) is 15.2 Å². The zero-order chi connectivity index (χ0) is 18.7. The number of unbranched alkanes of at least 4 members (excludes halogenated alkanes) is 2. The van der Waals surface area contributed by atoms with Crippen molar-refractivity contribution in [2.45, 2.75) is 65.8 Å². The van der Waals surface area contributed by atoms with Crippen molar-refractivity contribution in [1.29, 1.82) is 0 Å². The van der Waals surface area contributed by atoms with E-state index in [-0.39, 0.29) is 17.9 Å². The minimum Gasteiger partial charge on any atom is -0.446 e. The lowest BCUT2D eigenvalue weighted by molar-refractivity contribution is 0.0946. The van der Waals surface area contributed by atoms with Crippen molar-refractivity contribution in [3.05, 3.63) is 17.8 Å². The van der Waals surface area contributed by atoms with Crippen LogP contribution in [0.1, 0.15) is 82.2 Å². The molecule has 6 heteroatoms. The molecular weight excluding hydrogens is 316 g/mol. The fourth-order valence-corrected chi connectivity index (χ4v) is 2.52. The molecule has 0 saturated heterocycles. The predicted octanol–water partition coefficient (Wildman–Crippen LogP) is 3.35. The first-order valence-corrected chi connectivity index (χ1v) is 9.71. The number of nitrogens with one attached hydrogen (secondary N) is 1. The summed E-state index contributed by atoms with van der Waals surface area (Å²) in [5, 5.41) is 2.92. The maximum Gasteiger partial charge on any atom is 0.273 e. The van der Waals surface area contributed by atoms with Gasteiger partial charge in [0, 0.05) is 6.54 Å². The molecule has 1 atom stereocenters. The smallest absolute Gasteiger partial charge is 0.273 e. The fourth-order valence-electron chi connectivity index (χ4n) is 2.52. The van der Waals surface area contributed by atoms with Gasteiger partial charge in [0.15, 0.2) is 5.69 Å². The van der Waals surface area contributed by atoms with E-state index in [0.29, 0.717) is 18.1 Å². The van der Waals surface area contributed by atoms with E-state index in [2.05, 4.69) is 29.0 Å². The van der Waals surface area contributed by atoms with Crippen LogP contribution in [-0.4, -0.2) is 42.0 Å². The first-order chi connectivity index (χ1) is 12.0. The van der Waals surface area contributed by atoms with Gasteiger partial charge in [0.2, 0.25) is 5.89 Å². The van der Waals surface area contributed by atoms with Gasteiger partial charge in [-0.1, -0.05) is 40.5 Å². The van der Waals surface area contributed by atoms with Crippen molar-refractivity contribution in [3.63, 3.8) is 0 Å². The summed E-state index contributed by atoms with van der Waals surface area (Å²) >= 11 is 0. The number of oxazole rings is 1. The van der Waals surface area contributed by atoms with Gasteiger partial charge in [-0.05, 0) is 44.8 Å². The summed E-state index contributed by atoms with van der Waals surface area (Å²) in [7, 11) is 0. The van der Waals surface area contributed by atoms with Gasteiger partial charge in [-0.25, -0.2) is 4.98 Å². The highest BCUT2D eigenvalue weighted by Crippen LogP contribution is 2.17. The molecule has 1 aromatic rings. The number of rotatable bonds is 13. The molecule has 0 saturated carbocycles. The standard InChI is InChI=1S/C19H36N4O2/c1-5-7-11-23(12-8-6-2)13-9-10-21-18(24)16-14-25-19(22-16)17(20)15(3)4/h14-15,17H,5-13,20H2,1-4H3,(H,21,24). The molecule has 0 bridgehead atoms. The lowest BCUT2D eigenvalue weighted by Crippen LogP contribution is -2.31. The summed E-state index contributed by atoms with van der Waals surface area (Å²) in [6.07, 6.45) is 7.22. The van der Waals surface area contributed by atoms with Gasteiger partial charge in [0.05, 0.1) is 6.04 Å². The highest BCUT2D eigenvalue weighted by molar-refractivity contribution is 5.91. The highest BCUT2D eigenvalue weighted by atomic mass is 16.3. The molecule has 6 nitrogen and oxygen atoms in total. The van der Waals surface area contributed by atoms with E-state index in [1.165, 1.54) is 31.9 Å². The van der Waals surface area contributed by atoms with E-state index in [9.17, 15) is 4.79 Å². The van der Waals surface area contributed by atoms with E-state index >= 15 is 0 Å². The predicted molar refractivity (Wildman–Crippen MR) is 101 cm³/mol. The zero-order valence-corrected chi connectivity index (χ0v) is 16.4. The van der Waals surface area contributed by atoms with Crippen LogP contribution in [0.3, 0.4) is 0 Å². The summed E-state index contributed by atoms with van der Waals surface area (Å²) in [6.45, 7) is 12.4. The molecule has 1 unspecified atom stereocenters. The molecule has 3 N–H and O–H groups in total. The number of carbonyl (C=O) groups is 1. The van der Waals surface area contributed by atoms with Crippen molar-refractivity contribution >= 4 is 5.91 Å². The fraction of sp³-hybridized carbons (Fsp3) is 0.789.